The van der Waals surface area contributed by atoms with E-state index in [1.165, 1.54) is 0 Å². The highest BCUT2D eigenvalue weighted by Crippen LogP contribution is 2.17. The number of ether oxygens (including phenoxy) is 1. The Morgan fingerprint density at radius 2 is 2.11 bits per heavy atom. The molecule has 0 spiro atoms. The van der Waals surface area contributed by atoms with Gasteiger partial charge in [-0.3, -0.25) is 15.2 Å². The van der Waals surface area contributed by atoms with Crippen LogP contribution in [0.15, 0.2) is 34.4 Å². The van der Waals surface area contributed by atoms with Crippen LogP contribution in [0, 0.1) is 22.7 Å². The number of benzene rings is 1. The lowest BCUT2D eigenvalue weighted by molar-refractivity contribution is -0.121. The number of aliphatic imine (C=N–C) groups is 1. The summed E-state index contributed by atoms with van der Waals surface area (Å²) in [6.45, 7) is 4.63. The molecule has 1 aromatic carbocycles. The molecular formula is C19H22N6O2. The third-order valence-electron chi connectivity index (χ3n) is 4.59. The van der Waals surface area contributed by atoms with Crippen LogP contribution >= 0.6 is 0 Å². The Bertz CT molecular complexity index is 816. The summed E-state index contributed by atoms with van der Waals surface area (Å²) in [5.74, 6) is 0.157. The Morgan fingerprint density at radius 3 is 2.74 bits per heavy atom. The molecule has 0 aromatic heterocycles. The van der Waals surface area contributed by atoms with E-state index >= 15 is 0 Å². The van der Waals surface area contributed by atoms with Crippen LogP contribution in [-0.2, 0) is 16.1 Å². The minimum atomic E-state index is -0.0658. The first-order chi connectivity index (χ1) is 13.1. The van der Waals surface area contributed by atoms with Gasteiger partial charge in [-0.15, -0.1) is 0 Å². The zero-order chi connectivity index (χ0) is 19.2. The van der Waals surface area contributed by atoms with Gasteiger partial charge in [0.1, 0.15) is 6.07 Å². The summed E-state index contributed by atoms with van der Waals surface area (Å²) in [5.41, 5.74) is 5.41. The number of hydrazone groups is 1. The van der Waals surface area contributed by atoms with Crippen LogP contribution in [-0.4, -0.2) is 54.4 Å². The molecule has 0 saturated carbocycles. The van der Waals surface area contributed by atoms with Crippen molar-refractivity contribution in [1.82, 2.24) is 10.3 Å². The molecule has 1 atom stereocenters. The zero-order valence-corrected chi connectivity index (χ0v) is 15.2. The fourth-order valence-corrected chi connectivity index (χ4v) is 3.05. The summed E-state index contributed by atoms with van der Waals surface area (Å²) >= 11 is 0. The first-order valence-corrected chi connectivity index (χ1v) is 8.90. The first-order valence-electron chi connectivity index (χ1n) is 8.90. The van der Waals surface area contributed by atoms with Crippen molar-refractivity contribution in [2.75, 3.05) is 26.3 Å². The number of nitriles is 1. The summed E-state index contributed by atoms with van der Waals surface area (Å²) in [6, 6.07) is 9.77. The number of carbonyl (C=O) groups is 1. The van der Waals surface area contributed by atoms with Crippen LogP contribution in [0.25, 0.3) is 0 Å². The van der Waals surface area contributed by atoms with E-state index in [1.54, 1.807) is 0 Å². The second-order valence-corrected chi connectivity index (χ2v) is 6.56. The van der Waals surface area contributed by atoms with Gasteiger partial charge in [0.05, 0.1) is 25.5 Å². The molecule has 2 heterocycles. The summed E-state index contributed by atoms with van der Waals surface area (Å²) < 4.78 is 5.27. The molecule has 2 aliphatic heterocycles. The lowest BCUT2D eigenvalue weighted by atomic mass is 9.93. The van der Waals surface area contributed by atoms with Crippen molar-refractivity contribution in [2.45, 2.75) is 19.9 Å². The molecule has 1 fully saturated rings. The van der Waals surface area contributed by atoms with Crippen molar-refractivity contribution in [2.24, 2.45) is 16.0 Å². The van der Waals surface area contributed by atoms with Gasteiger partial charge in [-0.2, -0.15) is 10.4 Å². The molecule has 8 nitrogen and oxygen atoms in total. The Kier molecular flexibility index (Phi) is 5.94. The van der Waals surface area contributed by atoms with E-state index in [1.807, 2.05) is 42.2 Å². The molecule has 1 unspecified atom stereocenters. The number of hydrogen-bond acceptors (Lipinski definition) is 6. The van der Waals surface area contributed by atoms with E-state index in [-0.39, 0.29) is 23.4 Å². The molecular weight excluding hydrogens is 344 g/mol. The second kappa shape index (κ2) is 8.56. The van der Waals surface area contributed by atoms with Gasteiger partial charge in [0.15, 0.2) is 11.5 Å². The van der Waals surface area contributed by atoms with Gasteiger partial charge in [-0.1, -0.05) is 31.2 Å². The molecule has 27 heavy (non-hydrogen) atoms. The number of carbonyl (C=O) groups excluding carboxylic acids is 1. The van der Waals surface area contributed by atoms with Crippen LogP contribution in [0.5, 0.6) is 0 Å². The first kappa shape index (κ1) is 18.7. The Labute approximate surface area is 158 Å². The summed E-state index contributed by atoms with van der Waals surface area (Å²) in [7, 11) is 0. The maximum absolute atomic E-state index is 11.4. The van der Waals surface area contributed by atoms with Gasteiger partial charge >= 0.3 is 0 Å². The molecule has 3 rings (SSSR count). The predicted molar refractivity (Wildman–Crippen MR) is 102 cm³/mol. The monoisotopic (exact) mass is 366 g/mol. The lowest BCUT2D eigenvalue weighted by Crippen LogP contribution is -2.43. The largest absolute Gasteiger partial charge is 0.378 e. The van der Waals surface area contributed by atoms with Crippen molar-refractivity contribution < 1.29 is 9.53 Å². The van der Waals surface area contributed by atoms with Crippen molar-refractivity contribution in [3.63, 3.8) is 0 Å². The van der Waals surface area contributed by atoms with E-state index in [9.17, 15) is 10.1 Å². The molecule has 2 N–H and O–H groups in total. The van der Waals surface area contributed by atoms with E-state index < -0.39 is 0 Å². The standard InChI is InChI=1S/C19H22N6O2/c1-13-10-17(26)23-24-18(13)15-4-2-14(3-5-15)12-22-16(11-20)19(21)25-6-8-27-9-7-25/h2-5,13,21H,6-10,12H2,1H3,(H,23,26). The third-order valence-corrected chi connectivity index (χ3v) is 4.59. The fraction of sp³-hybridized carbons (Fsp3) is 0.421. The van der Waals surface area contributed by atoms with Crippen LogP contribution in [0.1, 0.15) is 24.5 Å². The number of nitrogens with zero attached hydrogens (tertiary/aromatic N) is 4. The molecule has 8 heteroatoms. The van der Waals surface area contributed by atoms with Gasteiger partial charge in [0.25, 0.3) is 0 Å². The van der Waals surface area contributed by atoms with E-state index in [0.717, 1.165) is 16.8 Å². The van der Waals surface area contributed by atoms with Crippen LogP contribution in [0.2, 0.25) is 0 Å². The molecule has 1 amide bonds. The fourth-order valence-electron chi connectivity index (χ4n) is 3.05. The Hall–Kier alpha value is -3.05. The molecule has 2 aliphatic rings. The molecule has 1 saturated heterocycles. The third kappa shape index (κ3) is 4.57. The van der Waals surface area contributed by atoms with Crippen LogP contribution in [0.3, 0.4) is 0 Å². The summed E-state index contributed by atoms with van der Waals surface area (Å²) in [5, 5.41) is 21.7. The predicted octanol–water partition coefficient (Wildman–Crippen LogP) is 1.32. The zero-order valence-electron chi connectivity index (χ0n) is 15.2. The summed E-state index contributed by atoms with van der Waals surface area (Å²) in [4.78, 5) is 17.5. The van der Waals surface area contributed by atoms with Crippen molar-refractivity contribution in [1.29, 1.82) is 10.7 Å². The molecule has 0 bridgehead atoms. The van der Waals surface area contributed by atoms with E-state index in [2.05, 4.69) is 15.5 Å². The highest BCUT2D eigenvalue weighted by atomic mass is 16.5. The highest BCUT2D eigenvalue weighted by molar-refractivity contribution is 6.46. The molecule has 1 aromatic rings. The number of amides is 1. The maximum atomic E-state index is 11.4. The van der Waals surface area contributed by atoms with Gasteiger partial charge in [0.2, 0.25) is 5.91 Å². The second-order valence-electron chi connectivity index (χ2n) is 6.56. The number of hydrogen-bond donors (Lipinski definition) is 2. The smallest absolute Gasteiger partial charge is 0.240 e. The topological polar surface area (TPSA) is 114 Å². The SMILES string of the molecule is CC1CC(=O)NN=C1c1ccc(CN=C(C#N)C(=N)N2CCOCC2)cc1. The maximum Gasteiger partial charge on any atom is 0.240 e. The van der Waals surface area contributed by atoms with Crippen molar-refractivity contribution in [3.8, 4) is 6.07 Å². The number of morpholine rings is 1. The van der Waals surface area contributed by atoms with E-state index in [4.69, 9.17) is 10.1 Å². The summed E-state index contributed by atoms with van der Waals surface area (Å²) in [6.07, 6.45) is 0.431. The average molecular weight is 366 g/mol. The minimum Gasteiger partial charge on any atom is -0.378 e. The highest BCUT2D eigenvalue weighted by Gasteiger charge is 2.21. The number of nitrogens with one attached hydrogen (secondary N) is 2. The van der Waals surface area contributed by atoms with E-state index in [0.29, 0.717) is 39.3 Å². The molecule has 0 radical (unpaired) electrons. The van der Waals surface area contributed by atoms with Gasteiger partial charge in [-0.05, 0) is 11.1 Å². The average Bonchev–Trinajstić information content (AvgIpc) is 2.69. The van der Waals surface area contributed by atoms with Crippen molar-refractivity contribution in [3.05, 3.63) is 35.4 Å². The van der Waals surface area contributed by atoms with Crippen molar-refractivity contribution >= 4 is 23.2 Å². The lowest BCUT2D eigenvalue weighted by Gasteiger charge is -2.28. The van der Waals surface area contributed by atoms with Crippen LogP contribution < -0.4 is 5.43 Å². The minimum absolute atomic E-state index is 0.0658. The van der Waals surface area contributed by atoms with Gasteiger partial charge in [0, 0.05) is 25.4 Å². The quantitative estimate of drug-likeness (QED) is 0.618. The molecule has 0 aliphatic carbocycles. The Morgan fingerprint density at radius 1 is 1.41 bits per heavy atom. The molecule has 140 valence electrons. The number of rotatable bonds is 4. The van der Waals surface area contributed by atoms with Gasteiger partial charge < -0.3 is 9.64 Å². The number of amidine groups is 1. The van der Waals surface area contributed by atoms with Gasteiger partial charge in [-0.25, -0.2) is 5.43 Å². The van der Waals surface area contributed by atoms with Crippen LogP contribution in [0.4, 0.5) is 0 Å². The Balaban J connectivity index is 1.67. The normalized spacial score (nSPS) is 20.5.